The van der Waals surface area contributed by atoms with E-state index in [1.807, 2.05) is 24.3 Å². The minimum Gasteiger partial charge on any atom is -0.351 e. The van der Waals surface area contributed by atoms with Crippen molar-refractivity contribution in [3.8, 4) is 0 Å². The van der Waals surface area contributed by atoms with Gasteiger partial charge in [-0.05, 0) is 12.1 Å². The van der Waals surface area contributed by atoms with Gasteiger partial charge in [0.1, 0.15) is 5.52 Å². The second kappa shape index (κ2) is 6.19. The second-order valence-electron chi connectivity index (χ2n) is 6.31. The van der Waals surface area contributed by atoms with E-state index in [1.165, 1.54) is 10.6 Å². The highest BCUT2D eigenvalue weighted by atomic mass is 32.2. The normalized spacial score (nSPS) is 16.4. The van der Waals surface area contributed by atoms with Crippen LogP contribution in [0.2, 0.25) is 0 Å². The lowest BCUT2D eigenvalue weighted by molar-refractivity contribution is 0.0703. The van der Waals surface area contributed by atoms with Gasteiger partial charge in [-0.2, -0.15) is 4.31 Å². The highest BCUT2D eigenvalue weighted by molar-refractivity contribution is 7.88. The molecule has 136 valence electrons. The van der Waals surface area contributed by atoms with Gasteiger partial charge in [0.25, 0.3) is 10.6 Å². The number of sulfonamides is 1. The molecule has 0 saturated carbocycles. The summed E-state index contributed by atoms with van der Waals surface area (Å²) in [6.45, 7) is 1.18. The monoisotopic (exact) mass is 391 g/mol. The number of hydrogen-bond donors (Lipinski definition) is 1. The van der Waals surface area contributed by atoms with E-state index in [-0.39, 0.29) is 23.7 Å². The van der Waals surface area contributed by atoms with Crippen LogP contribution in [0.1, 0.15) is 9.67 Å². The van der Waals surface area contributed by atoms with Crippen LogP contribution in [0.25, 0.3) is 21.8 Å². The Hall–Kier alpha value is -2.23. The molecule has 1 aliphatic rings. The molecule has 1 N–H and O–H groups in total. The molecule has 9 heteroatoms. The first-order chi connectivity index (χ1) is 12.3. The van der Waals surface area contributed by atoms with Crippen molar-refractivity contribution in [1.29, 1.82) is 0 Å². The number of nitrogens with one attached hydrogen (secondary N) is 1. The van der Waals surface area contributed by atoms with Crippen molar-refractivity contribution in [3.05, 3.63) is 44.7 Å². The topological polar surface area (TPSA) is 90.6 Å². The van der Waals surface area contributed by atoms with Crippen LogP contribution in [0.3, 0.4) is 0 Å². The van der Waals surface area contributed by atoms with Crippen molar-refractivity contribution in [2.45, 2.75) is 0 Å². The molecule has 1 saturated heterocycles. The minimum atomic E-state index is -3.25. The number of hydrogen-bond acceptors (Lipinski definition) is 5. The number of piperazine rings is 1. The second-order valence-corrected chi connectivity index (χ2v) is 9.31. The summed E-state index contributed by atoms with van der Waals surface area (Å²) in [5.41, 5.74) is 1.37. The van der Waals surface area contributed by atoms with Crippen molar-refractivity contribution in [3.63, 3.8) is 0 Å². The molecular weight excluding hydrogens is 374 g/mol. The van der Waals surface area contributed by atoms with Gasteiger partial charge in [0.05, 0.1) is 11.1 Å². The number of para-hydroxylation sites is 1. The largest absolute Gasteiger partial charge is 0.351 e. The zero-order valence-electron chi connectivity index (χ0n) is 14.1. The molecule has 7 nitrogen and oxygen atoms in total. The molecule has 0 spiro atoms. The number of carbonyl (C=O) groups is 1. The number of benzene rings is 1. The van der Waals surface area contributed by atoms with Gasteiger partial charge >= 0.3 is 0 Å². The Kier molecular flexibility index (Phi) is 4.09. The van der Waals surface area contributed by atoms with Crippen LogP contribution in [-0.2, 0) is 10.0 Å². The Bertz CT molecular complexity index is 1170. The molecule has 3 heterocycles. The van der Waals surface area contributed by atoms with Gasteiger partial charge in [-0.25, -0.2) is 8.42 Å². The summed E-state index contributed by atoms with van der Waals surface area (Å²) >= 11 is 0.920. The fraction of sp³-hybridized carbons (Fsp3) is 0.294. The first-order valence-electron chi connectivity index (χ1n) is 8.13. The molecule has 0 atom stereocenters. The van der Waals surface area contributed by atoms with E-state index in [4.69, 9.17) is 0 Å². The molecule has 1 aliphatic heterocycles. The number of nitrogens with zero attached hydrogens (tertiary/aromatic N) is 2. The molecule has 0 bridgehead atoms. The molecule has 2 aromatic heterocycles. The minimum absolute atomic E-state index is 0.183. The zero-order chi connectivity index (χ0) is 18.5. The van der Waals surface area contributed by atoms with E-state index in [9.17, 15) is 18.0 Å². The highest BCUT2D eigenvalue weighted by Crippen LogP contribution is 2.26. The summed E-state index contributed by atoms with van der Waals surface area (Å²) < 4.78 is 24.4. The van der Waals surface area contributed by atoms with Gasteiger partial charge in [-0.1, -0.05) is 29.5 Å². The summed E-state index contributed by atoms with van der Waals surface area (Å²) in [7, 11) is -3.25. The molecule has 0 unspecified atom stereocenters. The van der Waals surface area contributed by atoms with Crippen molar-refractivity contribution in [1.82, 2.24) is 14.2 Å². The predicted molar refractivity (Wildman–Crippen MR) is 102 cm³/mol. The standard InChI is InChI=1S/C17H17N3O4S2/c1-26(23,24)20-8-6-19(7-9-20)16(21)14-10-12-11-4-2-3-5-13(11)18-15(12)17(22)25-14/h2-5,10,18H,6-9H2,1H3. The van der Waals surface area contributed by atoms with Crippen LogP contribution in [0.5, 0.6) is 0 Å². The number of aromatic amines is 1. The number of aromatic nitrogens is 1. The number of H-pyrrole nitrogens is 1. The molecule has 1 aromatic carbocycles. The fourth-order valence-electron chi connectivity index (χ4n) is 3.27. The number of fused-ring (bicyclic) bond motifs is 3. The van der Waals surface area contributed by atoms with Gasteiger partial charge < -0.3 is 9.88 Å². The van der Waals surface area contributed by atoms with Crippen molar-refractivity contribution < 1.29 is 13.2 Å². The Morgan fingerprint density at radius 3 is 2.50 bits per heavy atom. The van der Waals surface area contributed by atoms with Crippen molar-refractivity contribution >= 4 is 49.1 Å². The molecule has 1 fully saturated rings. The Morgan fingerprint density at radius 1 is 1.12 bits per heavy atom. The van der Waals surface area contributed by atoms with Gasteiger partial charge in [0.15, 0.2) is 0 Å². The highest BCUT2D eigenvalue weighted by Gasteiger charge is 2.27. The average molecular weight is 391 g/mol. The van der Waals surface area contributed by atoms with Crippen LogP contribution in [-0.4, -0.2) is 60.9 Å². The summed E-state index contributed by atoms with van der Waals surface area (Å²) in [6.07, 6.45) is 1.17. The maximum absolute atomic E-state index is 12.8. The van der Waals surface area contributed by atoms with Crippen LogP contribution >= 0.6 is 11.3 Å². The third-order valence-corrected chi connectivity index (χ3v) is 6.84. The Labute approximate surface area is 153 Å². The first kappa shape index (κ1) is 17.2. The fourth-order valence-corrected chi connectivity index (χ4v) is 4.95. The summed E-state index contributed by atoms with van der Waals surface area (Å²) in [5, 5.41) is 1.64. The van der Waals surface area contributed by atoms with Crippen LogP contribution in [0.15, 0.2) is 35.1 Å². The SMILES string of the molecule is CS(=O)(=O)N1CCN(C(=O)c2cc3c([nH]c4ccccc43)c(=O)s2)CC1. The molecule has 4 rings (SSSR count). The maximum Gasteiger partial charge on any atom is 0.264 e. The predicted octanol–water partition coefficient (Wildman–Crippen LogP) is 1.46. The van der Waals surface area contributed by atoms with E-state index in [0.717, 1.165) is 27.6 Å². The number of carbonyl (C=O) groups excluding carboxylic acids is 1. The van der Waals surface area contributed by atoms with Crippen LogP contribution in [0, 0.1) is 0 Å². The van der Waals surface area contributed by atoms with E-state index in [1.54, 1.807) is 11.0 Å². The lowest BCUT2D eigenvalue weighted by Crippen LogP contribution is -2.50. The molecule has 0 radical (unpaired) electrons. The van der Waals surface area contributed by atoms with Crippen molar-refractivity contribution in [2.75, 3.05) is 32.4 Å². The number of amides is 1. The Balaban J connectivity index is 1.68. The molecular formula is C17H17N3O4S2. The smallest absolute Gasteiger partial charge is 0.264 e. The van der Waals surface area contributed by atoms with Gasteiger partial charge in [0.2, 0.25) is 10.0 Å². The third-order valence-electron chi connectivity index (χ3n) is 4.63. The third kappa shape index (κ3) is 2.91. The van der Waals surface area contributed by atoms with E-state index >= 15 is 0 Å². The van der Waals surface area contributed by atoms with Gasteiger partial charge in [0, 0.05) is 42.5 Å². The van der Waals surface area contributed by atoms with Crippen LogP contribution in [0.4, 0.5) is 0 Å². The summed E-state index contributed by atoms with van der Waals surface area (Å²) in [4.78, 5) is 30.4. The molecule has 3 aromatic rings. The summed E-state index contributed by atoms with van der Waals surface area (Å²) in [6, 6.07) is 9.34. The summed E-state index contributed by atoms with van der Waals surface area (Å²) in [5.74, 6) is -0.229. The zero-order valence-corrected chi connectivity index (χ0v) is 15.7. The van der Waals surface area contributed by atoms with E-state index < -0.39 is 10.0 Å². The maximum atomic E-state index is 12.8. The lowest BCUT2D eigenvalue weighted by atomic mass is 10.2. The average Bonchev–Trinajstić information content (AvgIpc) is 3.00. The van der Waals surface area contributed by atoms with E-state index in [2.05, 4.69) is 4.98 Å². The van der Waals surface area contributed by atoms with Gasteiger partial charge in [-0.15, -0.1) is 0 Å². The molecule has 0 aliphatic carbocycles. The Morgan fingerprint density at radius 2 is 1.81 bits per heavy atom. The van der Waals surface area contributed by atoms with Crippen LogP contribution < -0.4 is 4.74 Å². The molecule has 1 amide bonds. The van der Waals surface area contributed by atoms with E-state index in [0.29, 0.717) is 23.5 Å². The van der Waals surface area contributed by atoms with Gasteiger partial charge in [-0.3, -0.25) is 9.59 Å². The quantitative estimate of drug-likeness (QED) is 0.716. The lowest BCUT2D eigenvalue weighted by Gasteiger charge is -2.33. The van der Waals surface area contributed by atoms with Crippen molar-refractivity contribution in [2.24, 2.45) is 0 Å². The molecule has 26 heavy (non-hydrogen) atoms. The first-order valence-corrected chi connectivity index (χ1v) is 10.8. The number of rotatable bonds is 2.